The summed E-state index contributed by atoms with van der Waals surface area (Å²) in [5.41, 5.74) is 2.54. The summed E-state index contributed by atoms with van der Waals surface area (Å²) in [6.07, 6.45) is 0.672. The molecule has 3 N–H and O–H groups in total. The van der Waals surface area contributed by atoms with Crippen molar-refractivity contribution in [2.45, 2.75) is 19.6 Å². The van der Waals surface area contributed by atoms with E-state index in [0.717, 1.165) is 24.2 Å². The summed E-state index contributed by atoms with van der Waals surface area (Å²) >= 11 is 0. The Balaban J connectivity index is 1.42. The summed E-state index contributed by atoms with van der Waals surface area (Å²) in [6, 6.07) is 12.1. The number of nitrogens with two attached hydrogens (primary N) is 1. The molecule has 32 heavy (non-hydrogen) atoms. The second kappa shape index (κ2) is 9.33. The third-order valence-corrected chi connectivity index (χ3v) is 5.33. The fourth-order valence-electron chi connectivity index (χ4n) is 3.63. The van der Waals surface area contributed by atoms with Gasteiger partial charge in [0.2, 0.25) is 5.91 Å². The van der Waals surface area contributed by atoms with Gasteiger partial charge in [-0.3, -0.25) is 25.5 Å². The number of anilines is 1. The Kier molecular flexibility index (Phi) is 6.33. The Hall–Kier alpha value is -3.50. The highest BCUT2D eigenvalue weighted by Gasteiger charge is 2.32. The Bertz CT molecular complexity index is 1030. The zero-order chi connectivity index (χ0) is 22.7. The van der Waals surface area contributed by atoms with Gasteiger partial charge in [-0.2, -0.15) is 5.12 Å². The van der Waals surface area contributed by atoms with Crippen LogP contribution in [0.2, 0.25) is 0 Å². The van der Waals surface area contributed by atoms with Crippen LogP contribution in [0.25, 0.3) is 11.1 Å². The highest BCUT2D eigenvalue weighted by molar-refractivity contribution is 5.90. The van der Waals surface area contributed by atoms with Crippen LogP contribution in [0.5, 0.6) is 0 Å². The number of amides is 2. The van der Waals surface area contributed by atoms with Crippen LogP contribution in [0.1, 0.15) is 12.5 Å². The van der Waals surface area contributed by atoms with Crippen molar-refractivity contribution in [3.63, 3.8) is 0 Å². The fraction of sp³-hybridized carbons (Fsp3) is 0.318. The molecule has 1 saturated heterocycles. The first-order chi connectivity index (χ1) is 15.4. The van der Waals surface area contributed by atoms with Crippen molar-refractivity contribution in [3.8, 4) is 11.1 Å². The average molecular weight is 440 g/mol. The Morgan fingerprint density at radius 2 is 2.09 bits per heavy atom. The SMILES string of the molecule is CC(=O)NC[C@H]1CN(c2ccc(-c3ccc(CN(N)N4C=NCC4)cc3)c(F)c2)C(=O)O1. The second-order valence-electron chi connectivity index (χ2n) is 7.70. The zero-order valence-corrected chi connectivity index (χ0v) is 17.7. The van der Waals surface area contributed by atoms with Gasteiger partial charge in [-0.1, -0.05) is 24.3 Å². The van der Waals surface area contributed by atoms with Crippen molar-refractivity contribution in [3.05, 3.63) is 53.8 Å². The third kappa shape index (κ3) is 4.87. The highest BCUT2D eigenvalue weighted by atomic mass is 19.1. The van der Waals surface area contributed by atoms with Crippen LogP contribution in [0, 0.1) is 5.82 Å². The quantitative estimate of drug-likeness (QED) is 0.504. The minimum atomic E-state index is -0.564. The van der Waals surface area contributed by atoms with Crippen molar-refractivity contribution >= 4 is 24.0 Å². The number of aliphatic imine (C=N–C) groups is 1. The van der Waals surface area contributed by atoms with Gasteiger partial charge in [-0.05, 0) is 29.3 Å². The van der Waals surface area contributed by atoms with Gasteiger partial charge < -0.3 is 10.1 Å². The van der Waals surface area contributed by atoms with Gasteiger partial charge in [-0.15, -0.1) is 0 Å². The van der Waals surface area contributed by atoms with E-state index in [0.29, 0.717) is 17.8 Å². The number of halogens is 1. The fourth-order valence-corrected chi connectivity index (χ4v) is 3.63. The molecule has 4 rings (SSSR count). The van der Waals surface area contributed by atoms with Crippen LogP contribution >= 0.6 is 0 Å². The number of rotatable bonds is 7. The number of ether oxygens (including phenoxy) is 1. The van der Waals surface area contributed by atoms with Crippen LogP contribution in [0.3, 0.4) is 0 Å². The van der Waals surface area contributed by atoms with Gasteiger partial charge in [0, 0.05) is 12.5 Å². The number of hydrogen-bond donors (Lipinski definition) is 2. The van der Waals surface area contributed by atoms with Crippen molar-refractivity contribution in [2.24, 2.45) is 10.8 Å². The van der Waals surface area contributed by atoms with E-state index in [4.69, 9.17) is 10.6 Å². The van der Waals surface area contributed by atoms with Crippen LogP contribution in [0.15, 0.2) is 47.5 Å². The smallest absolute Gasteiger partial charge is 0.414 e. The summed E-state index contributed by atoms with van der Waals surface area (Å²) in [5.74, 6) is 5.41. The number of carbonyl (C=O) groups is 2. The van der Waals surface area contributed by atoms with Gasteiger partial charge >= 0.3 is 6.09 Å². The molecular weight excluding hydrogens is 415 g/mol. The van der Waals surface area contributed by atoms with Crippen LogP contribution in [0.4, 0.5) is 14.9 Å². The molecule has 168 valence electrons. The molecule has 0 spiro atoms. The molecule has 0 saturated carbocycles. The standard InChI is InChI=1S/C22H25FN6O3/c1-15(30)26-11-19-13-28(22(31)32-19)18-6-7-20(21(23)10-18)17-4-2-16(3-5-17)12-29(24)27-9-8-25-14-27/h2-7,10,14,19H,8-9,11-13,24H2,1H3,(H,26,30)/t19-/m0/s1. The Morgan fingerprint density at radius 1 is 1.31 bits per heavy atom. The molecule has 0 unspecified atom stereocenters. The minimum absolute atomic E-state index is 0.204. The van der Waals surface area contributed by atoms with Crippen LogP contribution in [-0.4, -0.2) is 60.7 Å². The van der Waals surface area contributed by atoms with E-state index < -0.39 is 18.0 Å². The Morgan fingerprint density at radius 3 is 2.75 bits per heavy atom. The predicted molar refractivity (Wildman–Crippen MR) is 118 cm³/mol. The van der Waals surface area contributed by atoms with E-state index in [2.05, 4.69) is 10.3 Å². The first-order valence-corrected chi connectivity index (χ1v) is 10.3. The van der Waals surface area contributed by atoms with Crippen molar-refractivity contribution in [1.82, 2.24) is 15.4 Å². The first-order valence-electron chi connectivity index (χ1n) is 10.3. The maximum atomic E-state index is 14.9. The average Bonchev–Trinajstić information content (AvgIpc) is 3.43. The zero-order valence-electron chi connectivity index (χ0n) is 17.7. The van der Waals surface area contributed by atoms with E-state index in [1.165, 1.54) is 17.9 Å². The summed E-state index contributed by atoms with van der Waals surface area (Å²) in [4.78, 5) is 28.7. The van der Waals surface area contributed by atoms with Crippen molar-refractivity contribution in [2.75, 3.05) is 31.1 Å². The lowest BCUT2D eigenvalue weighted by molar-refractivity contribution is -0.119. The monoisotopic (exact) mass is 440 g/mol. The molecule has 1 fully saturated rings. The van der Waals surface area contributed by atoms with E-state index in [-0.39, 0.29) is 19.0 Å². The molecule has 0 aliphatic carbocycles. The number of hydrazine groups is 2. The lowest BCUT2D eigenvalue weighted by Gasteiger charge is -2.25. The molecule has 1 atom stereocenters. The number of nitrogens with zero attached hydrogens (tertiary/aromatic N) is 4. The molecule has 9 nitrogen and oxygen atoms in total. The molecule has 10 heteroatoms. The van der Waals surface area contributed by atoms with E-state index >= 15 is 0 Å². The van der Waals surface area contributed by atoms with E-state index in [1.54, 1.807) is 23.6 Å². The molecule has 2 aliphatic rings. The molecule has 0 aromatic heterocycles. The summed E-state index contributed by atoms with van der Waals surface area (Å²) in [6.45, 7) is 3.84. The minimum Gasteiger partial charge on any atom is -0.442 e. The van der Waals surface area contributed by atoms with Crippen LogP contribution in [-0.2, 0) is 16.1 Å². The predicted octanol–water partition coefficient (Wildman–Crippen LogP) is 1.89. The van der Waals surface area contributed by atoms with Gasteiger partial charge in [-0.25, -0.2) is 9.18 Å². The topological polar surface area (TPSA) is 104 Å². The molecule has 2 aromatic rings. The number of carbonyl (C=O) groups excluding carboxylic acids is 2. The lowest BCUT2D eigenvalue weighted by Crippen LogP contribution is -2.45. The first kappa shape index (κ1) is 21.7. The molecule has 2 aromatic carbocycles. The molecule has 0 radical (unpaired) electrons. The van der Waals surface area contributed by atoms with Crippen molar-refractivity contribution < 1.29 is 18.7 Å². The largest absolute Gasteiger partial charge is 0.442 e. The number of nitrogens with one attached hydrogen (secondary N) is 1. The summed E-state index contributed by atoms with van der Waals surface area (Å²) < 4.78 is 20.1. The number of benzene rings is 2. The van der Waals surface area contributed by atoms with Gasteiger partial charge in [0.1, 0.15) is 18.3 Å². The molecule has 2 amide bonds. The van der Waals surface area contributed by atoms with Gasteiger partial charge in [0.05, 0.1) is 38.4 Å². The number of cyclic esters (lactones) is 1. The third-order valence-electron chi connectivity index (χ3n) is 5.33. The maximum Gasteiger partial charge on any atom is 0.414 e. The van der Waals surface area contributed by atoms with Gasteiger partial charge in [0.25, 0.3) is 0 Å². The number of hydrogen-bond acceptors (Lipinski definition) is 7. The van der Waals surface area contributed by atoms with Gasteiger partial charge in [0.15, 0.2) is 0 Å². The summed E-state index contributed by atoms with van der Waals surface area (Å²) in [5, 5.41) is 6.05. The Labute approximate surface area is 185 Å². The molecule has 2 heterocycles. The molecule has 2 aliphatic heterocycles. The lowest BCUT2D eigenvalue weighted by atomic mass is 10.0. The van der Waals surface area contributed by atoms with Crippen molar-refractivity contribution in [1.29, 1.82) is 0 Å². The molecule has 0 bridgehead atoms. The second-order valence-corrected chi connectivity index (χ2v) is 7.70. The van der Waals surface area contributed by atoms with E-state index in [1.807, 2.05) is 29.3 Å². The normalized spacial score (nSPS) is 17.9. The highest BCUT2D eigenvalue weighted by Crippen LogP contribution is 2.29. The summed E-state index contributed by atoms with van der Waals surface area (Å²) in [7, 11) is 0. The molecular formula is C22H25FN6O3. The van der Waals surface area contributed by atoms with E-state index in [9.17, 15) is 14.0 Å². The van der Waals surface area contributed by atoms with Crippen LogP contribution < -0.4 is 16.1 Å². The maximum absolute atomic E-state index is 14.9.